The van der Waals surface area contributed by atoms with E-state index in [1.165, 1.54) is 0 Å². The molecule has 7 heteroatoms. The van der Waals surface area contributed by atoms with E-state index in [9.17, 15) is 4.79 Å². The summed E-state index contributed by atoms with van der Waals surface area (Å²) in [5.41, 5.74) is 8.30. The first-order valence-electron chi connectivity index (χ1n) is 7.27. The van der Waals surface area contributed by atoms with Gasteiger partial charge in [0.25, 0.3) is 0 Å². The molecular formula is C17H13N5O2. The van der Waals surface area contributed by atoms with Gasteiger partial charge in [-0.25, -0.2) is 14.8 Å². The smallest absolute Gasteiger partial charge is 0.408 e. The Labute approximate surface area is 136 Å². The number of nitrogens with two attached hydrogens (primary N) is 1. The zero-order valence-electron chi connectivity index (χ0n) is 12.5. The molecule has 24 heavy (non-hydrogen) atoms. The molecule has 2 aromatic carbocycles. The Morgan fingerprint density at radius 1 is 1.04 bits per heavy atom. The predicted octanol–water partition coefficient (Wildman–Crippen LogP) is 3.08. The number of carbonyl (C=O) groups is 1. The molecule has 0 saturated heterocycles. The Hall–Kier alpha value is -3.61. The van der Waals surface area contributed by atoms with Gasteiger partial charge in [0.1, 0.15) is 17.2 Å². The summed E-state index contributed by atoms with van der Waals surface area (Å²) in [6.45, 7) is 0. The summed E-state index contributed by atoms with van der Waals surface area (Å²) in [6.07, 6.45) is 2.63. The van der Waals surface area contributed by atoms with Crippen LogP contribution in [0.1, 0.15) is 0 Å². The normalized spacial score (nSPS) is 10.8. The second kappa shape index (κ2) is 5.54. The molecule has 0 fully saturated rings. The van der Waals surface area contributed by atoms with Crippen LogP contribution in [0.2, 0.25) is 0 Å². The molecule has 118 valence electrons. The number of ether oxygens (including phenoxy) is 1. The maximum absolute atomic E-state index is 11.0. The highest BCUT2D eigenvalue weighted by Crippen LogP contribution is 2.28. The van der Waals surface area contributed by atoms with Crippen LogP contribution < -0.4 is 10.5 Å². The number of primary amides is 1. The first-order chi connectivity index (χ1) is 11.7. The third kappa shape index (κ3) is 2.48. The summed E-state index contributed by atoms with van der Waals surface area (Å²) in [4.78, 5) is 26.0. The zero-order chi connectivity index (χ0) is 16.5. The lowest BCUT2D eigenvalue weighted by molar-refractivity contribution is 0.211. The Kier molecular flexibility index (Phi) is 3.24. The predicted molar refractivity (Wildman–Crippen MR) is 89.3 cm³/mol. The molecule has 0 radical (unpaired) electrons. The zero-order valence-corrected chi connectivity index (χ0v) is 12.5. The molecule has 4 rings (SSSR count). The lowest BCUT2D eigenvalue weighted by atomic mass is 10.1. The number of aromatic nitrogens is 4. The first kappa shape index (κ1) is 14.0. The summed E-state index contributed by atoms with van der Waals surface area (Å²) in [7, 11) is 0. The van der Waals surface area contributed by atoms with E-state index in [1.807, 2.05) is 30.3 Å². The highest BCUT2D eigenvalue weighted by molar-refractivity contribution is 5.87. The van der Waals surface area contributed by atoms with Crippen LogP contribution in [0.4, 0.5) is 4.79 Å². The number of fused-ring (bicyclic) bond motifs is 1. The number of hydrogen-bond donors (Lipinski definition) is 3. The van der Waals surface area contributed by atoms with Gasteiger partial charge in [-0.1, -0.05) is 30.3 Å². The number of rotatable bonds is 3. The van der Waals surface area contributed by atoms with Gasteiger partial charge in [0.15, 0.2) is 5.75 Å². The monoisotopic (exact) mass is 319 g/mol. The van der Waals surface area contributed by atoms with E-state index in [-0.39, 0.29) is 0 Å². The first-order valence-corrected chi connectivity index (χ1v) is 7.27. The van der Waals surface area contributed by atoms with Crippen molar-refractivity contribution in [2.75, 3.05) is 0 Å². The van der Waals surface area contributed by atoms with Crippen molar-refractivity contribution in [2.45, 2.75) is 0 Å². The number of benzene rings is 2. The van der Waals surface area contributed by atoms with Crippen molar-refractivity contribution in [3.63, 3.8) is 0 Å². The van der Waals surface area contributed by atoms with Crippen molar-refractivity contribution in [1.29, 1.82) is 0 Å². The number of carbonyl (C=O) groups excluding carboxylic acids is 1. The molecule has 0 saturated carbocycles. The standard InChI is InChI=1S/C17H13N5O2/c18-17(23)24-13-3-1-2-12-14(13)22-16(21-12)11-6-4-10(5-7-11)15-19-8-9-20-15/h1-9H,(H2,18,23)(H,19,20)(H,21,22). The van der Waals surface area contributed by atoms with Crippen LogP contribution in [0, 0.1) is 0 Å². The van der Waals surface area contributed by atoms with Gasteiger partial charge in [-0.05, 0) is 12.1 Å². The number of aromatic amines is 2. The Morgan fingerprint density at radius 3 is 2.46 bits per heavy atom. The fourth-order valence-corrected chi connectivity index (χ4v) is 2.54. The molecule has 0 bridgehead atoms. The molecule has 0 aliphatic rings. The number of para-hydroxylation sites is 1. The fraction of sp³-hybridized carbons (Fsp3) is 0. The lowest BCUT2D eigenvalue weighted by Crippen LogP contribution is -2.16. The highest BCUT2D eigenvalue weighted by atomic mass is 16.5. The minimum Gasteiger partial charge on any atom is -0.408 e. The Bertz CT molecular complexity index is 1000. The number of H-pyrrole nitrogens is 2. The van der Waals surface area contributed by atoms with E-state index in [4.69, 9.17) is 10.5 Å². The van der Waals surface area contributed by atoms with E-state index < -0.39 is 6.09 Å². The maximum Gasteiger partial charge on any atom is 0.410 e. The van der Waals surface area contributed by atoms with Crippen molar-refractivity contribution >= 4 is 17.1 Å². The molecule has 0 spiro atoms. The van der Waals surface area contributed by atoms with E-state index >= 15 is 0 Å². The van der Waals surface area contributed by atoms with Crippen molar-refractivity contribution in [1.82, 2.24) is 19.9 Å². The molecule has 7 nitrogen and oxygen atoms in total. The molecule has 0 aliphatic heterocycles. The summed E-state index contributed by atoms with van der Waals surface area (Å²) in [6, 6.07) is 13.1. The Balaban J connectivity index is 1.72. The highest BCUT2D eigenvalue weighted by Gasteiger charge is 2.11. The van der Waals surface area contributed by atoms with Crippen LogP contribution in [0.5, 0.6) is 5.75 Å². The summed E-state index contributed by atoms with van der Waals surface area (Å²) < 4.78 is 4.99. The van der Waals surface area contributed by atoms with Crippen LogP contribution in [0.3, 0.4) is 0 Å². The van der Waals surface area contributed by atoms with E-state index in [0.717, 1.165) is 22.5 Å². The number of nitrogens with one attached hydrogen (secondary N) is 2. The molecule has 2 heterocycles. The third-order valence-electron chi connectivity index (χ3n) is 3.62. The summed E-state index contributed by atoms with van der Waals surface area (Å²) in [5.74, 6) is 1.81. The maximum atomic E-state index is 11.0. The van der Waals surface area contributed by atoms with E-state index in [0.29, 0.717) is 17.1 Å². The molecule has 1 amide bonds. The Morgan fingerprint density at radius 2 is 1.79 bits per heavy atom. The largest absolute Gasteiger partial charge is 0.410 e. The van der Waals surface area contributed by atoms with Gasteiger partial charge in [0.2, 0.25) is 0 Å². The van der Waals surface area contributed by atoms with Gasteiger partial charge in [-0.2, -0.15) is 0 Å². The lowest BCUT2D eigenvalue weighted by Gasteiger charge is -2.00. The summed E-state index contributed by atoms with van der Waals surface area (Å²) in [5, 5.41) is 0. The van der Waals surface area contributed by atoms with Gasteiger partial charge in [0.05, 0.1) is 5.52 Å². The number of nitrogens with zero attached hydrogens (tertiary/aromatic N) is 2. The topological polar surface area (TPSA) is 110 Å². The number of imidazole rings is 2. The van der Waals surface area contributed by atoms with E-state index in [2.05, 4.69) is 19.9 Å². The molecule has 0 aliphatic carbocycles. The van der Waals surface area contributed by atoms with Crippen LogP contribution in [-0.4, -0.2) is 26.0 Å². The SMILES string of the molecule is NC(=O)Oc1cccc2[nH]c(-c3ccc(-c4ncc[nH]4)cc3)nc12. The molecule has 2 aromatic heterocycles. The molecule has 0 unspecified atom stereocenters. The van der Waals surface area contributed by atoms with Crippen LogP contribution >= 0.6 is 0 Å². The second-order valence-electron chi connectivity index (χ2n) is 5.17. The van der Waals surface area contributed by atoms with Gasteiger partial charge in [-0.15, -0.1) is 0 Å². The average molecular weight is 319 g/mol. The average Bonchev–Trinajstić information content (AvgIpc) is 3.25. The van der Waals surface area contributed by atoms with Crippen molar-refractivity contribution < 1.29 is 9.53 Å². The minimum atomic E-state index is -0.866. The van der Waals surface area contributed by atoms with Gasteiger partial charge < -0.3 is 20.4 Å². The number of hydrogen-bond acceptors (Lipinski definition) is 4. The fourth-order valence-electron chi connectivity index (χ4n) is 2.54. The van der Waals surface area contributed by atoms with Crippen LogP contribution in [0.25, 0.3) is 33.8 Å². The number of amides is 1. The van der Waals surface area contributed by atoms with Crippen molar-refractivity contribution in [3.8, 4) is 28.5 Å². The molecule has 4 N–H and O–H groups in total. The molecular weight excluding hydrogens is 306 g/mol. The van der Waals surface area contributed by atoms with Gasteiger partial charge >= 0.3 is 6.09 Å². The van der Waals surface area contributed by atoms with Crippen molar-refractivity contribution in [3.05, 3.63) is 54.9 Å². The molecule has 4 aromatic rings. The quantitative estimate of drug-likeness (QED) is 0.539. The molecule has 0 atom stereocenters. The van der Waals surface area contributed by atoms with E-state index in [1.54, 1.807) is 24.5 Å². The van der Waals surface area contributed by atoms with Crippen LogP contribution in [-0.2, 0) is 0 Å². The second-order valence-corrected chi connectivity index (χ2v) is 5.17. The van der Waals surface area contributed by atoms with Gasteiger partial charge in [-0.3, -0.25) is 0 Å². The van der Waals surface area contributed by atoms with Gasteiger partial charge in [0, 0.05) is 23.5 Å². The summed E-state index contributed by atoms with van der Waals surface area (Å²) >= 11 is 0. The minimum absolute atomic E-state index is 0.328. The van der Waals surface area contributed by atoms with Crippen molar-refractivity contribution in [2.24, 2.45) is 5.73 Å². The third-order valence-corrected chi connectivity index (χ3v) is 3.62. The van der Waals surface area contributed by atoms with Crippen LogP contribution in [0.15, 0.2) is 54.9 Å².